The lowest BCUT2D eigenvalue weighted by Gasteiger charge is -2.11. The minimum absolute atomic E-state index is 0.139. The maximum absolute atomic E-state index is 12.6. The van der Waals surface area contributed by atoms with Gasteiger partial charge in [-0.2, -0.15) is 13.2 Å². The number of para-hydroxylation sites is 1. The highest BCUT2D eigenvalue weighted by Gasteiger charge is 2.39. The molecule has 1 unspecified atom stereocenters. The summed E-state index contributed by atoms with van der Waals surface area (Å²) in [4.78, 5) is 11.4. The van der Waals surface area contributed by atoms with Gasteiger partial charge in [-0.1, -0.05) is 12.1 Å². The van der Waals surface area contributed by atoms with Gasteiger partial charge < -0.3 is 10.6 Å². The molecule has 1 aromatic rings. The summed E-state index contributed by atoms with van der Waals surface area (Å²) in [5, 5.41) is 4.92. The molecule has 3 nitrogen and oxygen atoms in total. The van der Waals surface area contributed by atoms with Crippen molar-refractivity contribution in [2.45, 2.75) is 12.2 Å². The zero-order valence-electron chi connectivity index (χ0n) is 8.35. The highest BCUT2D eigenvalue weighted by molar-refractivity contribution is 6.03. The van der Waals surface area contributed by atoms with Crippen LogP contribution in [-0.4, -0.2) is 13.0 Å². The lowest BCUT2D eigenvalue weighted by atomic mass is 10.0. The summed E-state index contributed by atoms with van der Waals surface area (Å²) in [6, 6.07) is 3.05. The van der Waals surface area contributed by atoms with Crippen molar-refractivity contribution in [2.75, 3.05) is 12.4 Å². The molecule has 2 rings (SSSR count). The summed E-state index contributed by atoms with van der Waals surface area (Å²) < 4.78 is 37.9. The summed E-state index contributed by atoms with van der Waals surface area (Å²) in [5.74, 6) is -0.464. The van der Waals surface area contributed by atoms with Gasteiger partial charge in [-0.05, 0) is 13.1 Å². The van der Waals surface area contributed by atoms with E-state index in [2.05, 4.69) is 10.6 Å². The summed E-state index contributed by atoms with van der Waals surface area (Å²) in [6.07, 6.45) is -4.46. The van der Waals surface area contributed by atoms with Gasteiger partial charge in [0.25, 0.3) is 0 Å². The lowest BCUT2D eigenvalue weighted by molar-refractivity contribution is -0.136. The zero-order chi connectivity index (χ0) is 11.9. The van der Waals surface area contributed by atoms with Gasteiger partial charge in [0.15, 0.2) is 0 Å². The van der Waals surface area contributed by atoms with E-state index in [-0.39, 0.29) is 5.69 Å². The number of amides is 1. The Morgan fingerprint density at radius 3 is 2.62 bits per heavy atom. The van der Waals surface area contributed by atoms with Crippen molar-refractivity contribution in [3.8, 4) is 0 Å². The molecule has 0 saturated heterocycles. The molecule has 1 amide bonds. The van der Waals surface area contributed by atoms with E-state index in [9.17, 15) is 18.0 Å². The highest BCUT2D eigenvalue weighted by atomic mass is 19.4. The van der Waals surface area contributed by atoms with E-state index in [0.29, 0.717) is 5.56 Å². The SMILES string of the molecule is CNC1C(=O)Nc2c1cccc2C(F)(F)F. The molecule has 0 aromatic heterocycles. The first kappa shape index (κ1) is 10.9. The van der Waals surface area contributed by atoms with Gasteiger partial charge in [0.05, 0.1) is 11.3 Å². The topological polar surface area (TPSA) is 41.1 Å². The number of rotatable bonds is 1. The lowest BCUT2D eigenvalue weighted by Crippen LogP contribution is -2.23. The Hall–Kier alpha value is -1.56. The first-order chi connectivity index (χ1) is 7.45. The monoisotopic (exact) mass is 230 g/mol. The van der Waals surface area contributed by atoms with Gasteiger partial charge in [-0.15, -0.1) is 0 Å². The van der Waals surface area contributed by atoms with Crippen LogP contribution in [0.25, 0.3) is 0 Å². The molecule has 1 aliphatic rings. The van der Waals surface area contributed by atoms with E-state index in [4.69, 9.17) is 0 Å². The Bertz CT molecular complexity index is 442. The first-order valence-electron chi connectivity index (χ1n) is 4.63. The Labute approximate surface area is 89.6 Å². The van der Waals surface area contributed by atoms with Gasteiger partial charge in [-0.3, -0.25) is 4.79 Å². The second-order valence-electron chi connectivity index (χ2n) is 3.48. The molecule has 0 bridgehead atoms. The molecule has 1 aliphatic heterocycles. The van der Waals surface area contributed by atoms with E-state index in [1.54, 1.807) is 0 Å². The largest absolute Gasteiger partial charge is 0.418 e. The van der Waals surface area contributed by atoms with Gasteiger partial charge in [-0.25, -0.2) is 0 Å². The van der Waals surface area contributed by atoms with Crippen molar-refractivity contribution in [2.24, 2.45) is 0 Å². The van der Waals surface area contributed by atoms with Crippen molar-refractivity contribution in [3.05, 3.63) is 29.3 Å². The molecule has 0 spiro atoms. The van der Waals surface area contributed by atoms with Gasteiger partial charge >= 0.3 is 6.18 Å². The zero-order valence-corrected chi connectivity index (χ0v) is 8.35. The fraction of sp³-hybridized carbons (Fsp3) is 0.300. The number of nitrogens with one attached hydrogen (secondary N) is 2. The summed E-state index contributed by atoms with van der Waals surface area (Å²) in [5.41, 5.74) is -0.613. The summed E-state index contributed by atoms with van der Waals surface area (Å²) in [6.45, 7) is 0. The van der Waals surface area contributed by atoms with E-state index >= 15 is 0 Å². The van der Waals surface area contributed by atoms with Crippen LogP contribution >= 0.6 is 0 Å². The van der Waals surface area contributed by atoms with Crippen LogP contribution in [-0.2, 0) is 11.0 Å². The van der Waals surface area contributed by atoms with Crippen molar-refractivity contribution in [1.82, 2.24) is 5.32 Å². The van der Waals surface area contributed by atoms with E-state index < -0.39 is 23.7 Å². The number of halogens is 3. The van der Waals surface area contributed by atoms with Crippen LogP contribution in [0.15, 0.2) is 18.2 Å². The fourth-order valence-corrected chi connectivity index (χ4v) is 1.81. The van der Waals surface area contributed by atoms with Crippen molar-refractivity contribution in [1.29, 1.82) is 0 Å². The predicted octanol–water partition coefficient (Wildman–Crippen LogP) is 1.92. The van der Waals surface area contributed by atoms with E-state index in [1.165, 1.54) is 19.2 Å². The average Bonchev–Trinajstić information content (AvgIpc) is 2.50. The number of carbonyl (C=O) groups is 1. The van der Waals surface area contributed by atoms with Gasteiger partial charge in [0, 0.05) is 5.56 Å². The third-order valence-corrected chi connectivity index (χ3v) is 2.51. The number of likely N-dealkylation sites (N-methyl/N-ethyl adjacent to an activating group) is 1. The van der Waals surface area contributed by atoms with Crippen molar-refractivity contribution < 1.29 is 18.0 Å². The quantitative estimate of drug-likeness (QED) is 0.773. The van der Waals surface area contributed by atoms with Crippen LogP contribution in [0.1, 0.15) is 17.2 Å². The number of fused-ring (bicyclic) bond motifs is 1. The Morgan fingerprint density at radius 1 is 1.38 bits per heavy atom. The van der Waals surface area contributed by atoms with Crippen molar-refractivity contribution >= 4 is 11.6 Å². The van der Waals surface area contributed by atoms with Crippen LogP contribution in [0.3, 0.4) is 0 Å². The normalized spacial score (nSPS) is 19.5. The molecule has 86 valence electrons. The number of hydrogen-bond acceptors (Lipinski definition) is 2. The molecule has 0 aliphatic carbocycles. The second-order valence-corrected chi connectivity index (χ2v) is 3.48. The number of benzene rings is 1. The second kappa shape index (κ2) is 3.48. The number of carbonyl (C=O) groups excluding carboxylic acids is 1. The third-order valence-electron chi connectivity index (χ3n) is 2.51. The molecule has 2 N–H and O–H groups in total. The van der Waals surface area contributed by atoms with Crippen LogP contribution in [0.2, 0.25) is 0 Å². The molecule has 6 heteroatoms. The molecule has 0 radical (unpaired) electrons. The van der Waals surface area contributed by atoms with Crippen LogP contribution < -0.4 is 10.6 Å². The maximum atomic E-state index is 12.6. The summed E-state index contributed by atoms with van der Waals surface area (Å²) >= 11 is 0. The molecular weight excluding hydrogens is 221 g/mol. The summed E-state index contributed by atoms with van der Waals surface area (Å²) in [7, 11) is 1.53. The average molecular weight is 230 g/mol. The smallest absolute Gasteiger partial charge is 0.324 e. The molecule has 1 aromatic carbocycles. The first-order valence-corrected chi connectivity index (χ1v) is 4.63. The van der Waals surface area contributed by atoms with Gasteiger partial charge in [0.1, 0.15) is 6.04 Å². The van der Waals surface area contributed by atoms with Gasteiger partial charge in [0.2, 0.25) is 5.91 Å². The maximum Gasteiger partial charge on any atom is 0.418 e. The predicted molar refractivity (Wildman–Crippen MR) is 51.9 cm³/mol. The standard InChI is InChI=1S/C10H9F3N2O/c1-14-8-5-3-2-4-6(10(11,12)13)7(5)15-9(8)16/h2-4,8,14H,1H3,(H,15,16). The minimum atomic E-state index is -4.46. The van der Waals surface area contributed by atoms with E-state index in [1.807, 2.05) is 0 Å². The number of alkyl halides is 3. The molecule has 1 heterocycles. The molecule has 0 saturated carbocycles. The molecule has 1 atom stereocenters. The number of hydrogen-bond donors (Lipinski definition) is 2. The number of anilines is 1. The fourth-order valence-electron chi connectivity index (χ4n) is 1.81. The molecule has 16 heavy (non-hydrogen) atoms. The Kier molecular flexibility index (Phi) is 2.38. The molecule has 0 fully saturated rings. The van der Waals surface area contributed by atoms with Crippen molar-refractivity contribution in [3.63, 3.8) is 0 Å². The Balaban J connectivity index is 2.56. The van der Waals surface area contributed by atoms with Crippen LogP contribution in [0, 0.1) is 0 Å². The Morgan fingerprint density at radius 2 is 2.06 bits per heavy atom. The highest BCUT2D eigenvalue weighted by Crippen LogP contribution is 2.41. The molecular formula is C10H9F3N2O. The minimum Gasteiger partial charge on any atom is -0.324 e. The third kappa shape index (κ3) is 1.55. The van der Waals surface area contributed by atoms with E-state index in [0.717, 1.165) is 6.07 Å². The van der Waals surface area contributed by atoms with Crippen LogP contribution in [0.4, 0.5) is 18.9 Å². The van der Waals surface area contributed by atoms with Crippen LogP contribution in [0.5, 0.6) is 0 Å².